The lowest BCUT2D eigenvalue weighted by Crippen LogP contribution is -2.49. The number of benzene rings is 1. The zero-order chi connectivity index (χ0) is 20.0. The van der Waals surface area contributed by atoms with Gasteiger partial charge in [0.15, 0.2) is 11.0 Å². The Morgan fingerprint density at radius 2 is 2.11 bits per heavy atom. The molecule has 1 atom stereocenters. The van der Waals surface area contributed by atoms with Crippen LogP contribution in [-0.2, 0) is 11.3 Å². The van der Waals surface area contributed by atoms with Crippen LogP contribution < -0.4 is 10.1 Å². The third-order valence-electron chi connectivity index (χ3n) is 4.50. The average molecular weight is 388 g/mol. The molecule has 0 unspecified atom stereocenters. The van der Waals surface area contributed by atoms with Crippen molar-refractivity contribution in [1.82, 2.24) is 20.1 Å². The summed E-state index contributed by atoms with van der Waals surface area (Å²) in [6, 6.07) is 9.80. The number of para-hydroxylation sites is 1. The van der Waals surface area contributed by atoms with Crippen LogP contribution >= 0.6 is 11.8 Å². The molecule has 0 saturated heterocycles. The van der Waals surface area contributed by atoms with Gasteiger partial charge in [0, 0.05) is 6.54 Å². The highest BCUT2D eigenvalue weighted by molar-refractivity contribution is 7.99. The van der Waals surface area contributed by atoms with Gasteiger partial charge >= 0.3 is 0 Å². The third-order valence-corrected chi connectivity index (χ3v) is 5.47. The maximum Gasteiger partial charge on any atom is 0.231 e. The van der Waals surface area contributed by atoms with Crippen LogP contribution in [0.2, 0.25) is 0 Å². The molecule has 27 heavy (non-hydrogen) atoms. The zero-order valence-electron chi connectivity index (χ0n) is 16.3. The van der Waals surface area contributed by atoms with Crippen LogP contribution in [0.5, 0.6) is 5.75 Å². The van der Waals surface area contributed by atoms with Crippen LogP contribution in [0, 0.1) is 17.2 Å². The summed E-state index contributed by atoms with van der Waals surface area (Å²) in [6.45, 7) is 8.20. The lowest BCUT2D eigenvalue weighted by molar-refractivity contribution is -0.120. The first-order valence-corrected chi connectivity index (χ1v) is 9.76. The van der Waals surface area contributed by atoms with E-state index in [1.165, 1.54) is 11.8 Å². The van der Waals surface area contributed by atoms with Crippen LogP contribution in [0.4, 0.5) is 0 Å². The molecule has 0 spiro atoms. The molecule has 0 bridgehead atoms. The predicted molar refractivity (Wildman–Crippen MR) is 105 cm³/mol. The molecule has 0 radical (unpaired) electrons. The molecule has 1 aromatic carbocycles. The van der Waals surface area contributed by atoms with Gasteiger partial charge in [-0.2, -0.15) is 5.26 Å². The van der Waals surface area contributed by atoms with Gasteiger partial charge in [-0.1, -0.05) is 37.7 Å². The quantitative estimate of drug-likeness (QED) is 0.700. The maximum atomic E-state index is 12.3. The number of rotatable bonds is 8. The van der Waals surface area contributed by atoms with Crippen LogP contribution in [0.1, 0.15) is 27.7 Å². The second kappa shape index (κ2) is 8.91. The van der Waals surface area contributed by atoms with Gasteiger partial charge in [0.25, 0.3) is 0 Å². The summed E-state index contributed by atoms with van der Waals surface area (Å²) in [6.07, 6.45) is 0. The van der Waals surface area contributed by atoms with E-state index in [2.05, 4.69) is 21.6 Å². The van der Waals surface area contributed by atoms with E-state index in [0.717, 1.165) is 11.3 Å². The van der Waals surface area contributed by atoms with E-state index in [-0.39, 0.29) is 17.6 Å². The minimum absolute atomic E-state index is 0.00731. The summed E-state index contributed by atoms with van der Waals surface area (Å²) in [4.78, 5) is 12.3. The lowest BCUT2D eigenvalue weighted by Gasteiger charge is -2.27. The third kappa shape index (κ3) is 4.61. The summed E-state index contributed by atoms with van der Waals surface area (Å²) >= 11 is 1.30. The van der Waals surface area contributed by atoms with Crippen molar-refractivity contribution in [1.29, 1.82) is 5.26 Å². The zero-order valence-corrected chi connectivity index (χ0v) is 17.1. The van der Waals surface area contributed by atoms with Gasteiger partial charge in [-0.15, -0.1) is 10.2 Å². The van der Waals surface area contributed by atoms with E-state index in [0.29, 0.717) is 17.5 Å². The summed E-state index contributed by atoms with van der Waals surface area (Å²) in [7, 11) is 1.62. The number of hydrogen-bond acceptors (Lipinski definition) is 6. The monoisotopic (exact) mass is 387 g/mol. The summed E-state index contributed by atoms with van der Waals surface area (Å²) in [5.74, 6) is 1.38. The van der Waals surface area contributed by atoms with Gasteiger partial charge in [-0.05, 0) is 31.9 Å². The predicted octanol–water partition coefficient (Wildman–Crippen LogP) is 3.12. The van der Waals surface area contributed by atoms with E-state index >= 15 is 0 Å². The van der Waals surface area contributed by atoms with Gasteiger partial charge in [-0.25, -0.2) is 0 Å². The fourth-order valence-corrected chi connectivity index (χ4v) is 3.27. The number of nitrogens with one attached hydrogen (secondary N) is 1. The first-order valence-electron chi connectivity index (χ1n) is 8.77. The molecular formula is C19H25N5O2S. The van der Waals surface area contributed by atoms with Gasteiger partial charge in [0.1, 0.15) is 11.3 Å². The Kier molecular flexibility index (Phi) is 6.86. The first-order chi connectivity index (χ1) is 12.9. The van der Waals surface area contributed by atoms with Gasteiger partial charge in [-0.3, -0.25) is 4.79 Å². The number of carbonyl (C=O) groups is 1. The first kappa shape index (κ1) is 20.8. The van der Waals surface area contributed by atoms with Gasteiger partial charge < -0.3 is 14.6 Å². The summed E-state index contributed by atoms with van der Waals surface area (Å²) in [5.41, 5.74) is -0.0407. The fourth-order valence-electron chi connectivity index (χ4n) is 2.47. The average Bonchev–Trinajstić information content (AvgIpc) is 3.08. The molecule has 0 aliphatic carbocycles. The van der Waals surface area contributed by atoms with Crippen molar-refractivity contribution in [2.45, 2.75) is 44.9 Å². The number of amides is 1. The molecule has 8 heteroatoms. The Morgan fingerprint density at radius 1 is 1.41 bits per heavy atom. The number of thioether (sulfide) groups is 1. The maximum absolute atomic E-state index is 12.3. The summed E-state index contributed by atoms with van der Waals surface area (Å²) < 4.78 is 7.36. The molecule has 1 amide bonds. The minimum atomic E-state index is -0.890. The summed E-state index contributed by atoms with van der Waals surface area (Å²) in [5, 5.41) is 21.3. The topological polar surface area (TPSA) is 92.8 Å². The number of nitriles is 1. The number of carbonyl (C=O) groups excluding carboxylic acids is 1. The van der Waals surface area contributed by atoms with Crippen LogP contribution in [0.15, 0.2) is 29.4 Å². The Morgan fingerprint density at radius 3 is 2.70 bits per heavy atom. The fraction of sp³-hybridized carbons (Fsp3) is 0.474. The second-order valence-electron chi connectivity index (χ2n) is 6.56. The normalized spacial score (nSPS) is 13.1. The Hall–Kier alpha value is -2.53. The number of nitrogens with zero attached hydrogens (tertiary/aromatic N) is 4. The second-order valence-corrected chi connectivity index (χ2v) is 7.50. The minimum Gasteiger partial charge on any atom is -0.496 e. The highest BCUT2D eigenvalue weighted by Gasteiger charge is 2.30. The number of aromatic nitrogens is 3. The molecular weight excluding hydrogens is 362 g/mol. The van der Waals surface area contributed by atoms with Gasteiger partial charge in [0.2, 0.25) is 5.91 Å². The molecule has 7 nitrogen and oxygen atoms in total. The largest absolute Gasteiger partial charge is 0.496 e. The van der Waals surface area contributed by atoms with Crippen molar-refractivity contribution in [3.63, 3.8) is 0 Å². The van der Waals surface area contributed by atoms with Crippen molar-refractivity contribution in [2.75, 3.05) is 12.9 Å². The highest BCUT2D eigenvalue weighted by atomic mass is 32.2. The smallest absolute Gasteiger partial charge is 0.231 e. The van der Waals surface area contributed by atoms with Gasteiger partial charge in [0.05, 0.1) is 24.5 Å². The molecule has 0 aliphatic rings. The molecule has 0 fully saturated rings. The molecule has 0 aliphatic heterocycles. The van der Waals surface area contributed by atoms with E-state index in [1.807, 2.05) is 49.6 Å². The van der Waals surface area contributed by atoms with Crippen molar-refractivity contribution < 1.29 is 9.53 Å². The highest BCUT2D eigenvalue weighted by Crippen LogP contribution is 2.30. The molecule has 2 rings (SSSR count). The number of methoxy groups -OCH3 is 1. The van der Waals surface area contributed by atoms with Crippen molar-refractivity contribution in [3.05, 3.63) is 24.3 Å². The van der Waals surface area contributed by atoms with E-state index in [1.54, 1.807) is 14.0 Å². The standard InChI is InChI=1S/C19H25N5O2S/c1-6-24-17(14-9-7-8-10-15(14)26-5)22-23-18(24)27-11-16(25)21-19(4,12-20)13(2)3/h7-10,13H,6,11H2,1-5H3,(H,21,25)/t19-/m0/s1. The lowest BCUT2D eigenvalue weighted by atomic mass is 9.90. The Bertz CT molecular complexity index is 843. The Balaban J connectivity index is 2.16. The molecule has 2 aromatic rings. The van der Waals surface area contributed by atoms with Crippen molar-refractivity contribution in [2.24, 2.45) is 5.92 Å². The van der Waals surface area contributed by atoms with E-state index in [4.69, 9.17) is 4.74 Å². The van der Waals surface area contributed by atoms with Crippen LogP contribution in [0.3, 0.4) is 0 Å². The number of hydrogen-bond donors (Lipinski definition) is 1. The van der Waals surface area contributed by atoms with E-state index in [9.17, 15) is 10.1 Å². The molecule has 0 saturated carbocycles. The van der Waals surface area contributed by atoms with Crippen molar-refractivity contribution in [3.8, 4) is 23.2 Å². The Labute approximate surface area is 164 Å². The molecule has 1 heterocycles. The molecule has 1 N–H and O–H groups in total. The van der Waals surface area contributed by atoms with E-state index < -0.39 is 5.54 Å². The number of ether oxygens (including phenoxy) is 1. The van der Waals surface area contributed by atoms with Crippen LogP contribution in [-0.4, -0.2) is 39.1 Å². The van der Waals surface area contributed by atoms with Crippen LogP contribution in [0.25, 0.3) is 11.4 Å². The molecule has 1 aromatic heterocycles. The van der Waals surface area contributed by atoms with Crippen molar-refractivity contribution >= 4 is 17.7 Å². The SMILES string of the molecule is CCn1c(SCC(=O)N[C@@](C)(C#N)C(C)C)nnc1-c1ccccc1OC. The molecule has 144 valence electrons.